The van der Waals surface area contributed by atoms with Gasteiger partial charge in [0.25, 0.3) is 0 Å². The Morgan fingerprint density at radius 1 is 1.00 bits per heavy atom. The number of aliphatic carboxylic acids is 3. The number of nitrogens with one attached hydrogen (secondary N) is 1. The normalized spacial score (nSPS) is 13.1. The summed E-state index contributed by atoms with van der Waals surface area (Å²) in [6.07, 6.45) is 3.03. The van der Waals surface area contributed by atoms with Crippen molar-refractivity contribution in [3.63, 3.8) is 0 Å². The average Bonchev–Trinajstić information content (AvgIpc) is 3.07. The number of imidazole rings is 1. The smallest absolute Gasteiger partial charge is 0.321 e. The summed E-state index contributed by atoms with van der Waals surface area (Å²) in [7, 11) is 0. The second-order valence-electron chi connectivity index (χ2n) is 5.95. The Balaban J connectivity index is 0. The average molecular weight is 404 g/mol. The molecule has 1 amide bonds. The van der Waals surface area contributed by atoms with E-state index in [1.807, 2.05) is 0 Å². The number of aromatic amines is 1. The van der Waals surface area contributed by atoms with Crippen LogP contribution in [0.1, 0.15) is 26.0 Å². The zero-order valence-electron chi connectivity index (χ0n) is 15.6. The van der Waals surface area contributed by atoms with Crippen LogP contribution in [0.25, 0.3) is 0 Å². The summed E-state index contributed by atoms with van der Waals surface area (Å²) in [5.74, 6) is -3.83. The topological polar surface area (TPSA) is 262 Å². The van der Waals surface area contributed by atoms with Crippen molar-refractivity contribution < 1.29 is 34.5 Å². The number of carboxylic acid groups (broad SMARTS) is 3. The fourth-order valence-electron chi connectivity index (χ4n) is 1.31. The number of carboxylic acids is 3. The highest BCUT2D eigenvalue weighted by Gasteiger charge is 2.14. The molecule has 0 bridgehead atoms. The minimum absolute atomic E-state index is 0.0208. The molecule has 0 radical (unpaired) electrons. The Bertz CT molecular complexity index is 620. The predicted octanol–water partition coefficient (Wildman–Crippen LogP) is -2.31. The molecule has 28 heavy (non-hydrogen) atoms. The second kappa shape index (κ2) is 14.1. The molecular formula is C15H28N6O7. The van der Waals surface area contributed by atoms with Crippen LogP contribution in [0, 0.1) is 5.92 Å². The number of rotatable bonds is 8. The van der Waals surface area contributed by atoms with Crippen molar-refractivity contribution in [2.24, 2.45) is 28.9 Å². The number of carbonyl (C=O) groups excluding carboxylic acids is 1. The van der Waals surface area contributed by atoms with Crippen LogP contribution in [-0.4, -0.2) is 67.2 Å². The summed E-state index contributed by atoms with van der Waals surface area (Å²) in [6, 6.07) is -2.73. The van der Waals surface area contributed by atoms with Gasteiger partial charge in [0.1, 0.15) is 18.1 Å². The molecule has 1 aromatic rings. The first kappa shape index (κ1) is 27.2. The molecule has 3 unspecified atom stereocenters. The highest BCUT2D eigenvalue weighted by Crippen LogP contribution is 1.96. The molecule has 13 heteroatoms. The molecule has 1 heterocycles. The highest BCUT2D eigenvalue weighted by molar-refractivity contribution is 5.83. The molecule has 1 aromatic heterocycles. The number of H-pyrrole nitrogens is 1. The van der Waals surface area contributed by atoms with Crippen molar-refractivity contribution in [2.75, 3.05) is 0 Å². The van der Waals surface area contributed by atoms with E-state index in [0.29, 0.717) is 0 Å². The maximum Gasteiger partial charge on any atom is 0.321 e. The van der Waals surface area contributed by atoms with Crippen molar-refractivity contribution in [2.45, 2.75) is 44.8 Å². The molecule has 0 spiro atoms. The number of primary amides is 1. The Kier molecular flexibility index (Phi) is 13.7. The third-order valence-electron chi connectivity index (χ3n) is 3.05. The Morgan fingerprint density at radius 3 is 1.71 bits per heavy atom. The first-order valence-electron chi connectivity index (χ1n) is 8.00. The Labute approximate surface area is 161 Å². The van der Waals surface area contributed by atoms with E-state index in [4.69, 9.17) is 32.5 Å². The molecule has 160 valence electrons. The molecule has 0 aliphatic heterocycles. The van der Waals surface area contributed by atoms with Crippen molar-refractivity contribution in [3.05, 3.63) is 18.2 Å². The van der Waals surface area contributed by atoms with E-state index in [1.54, 1.807) is 20.0 Å². The summed E-state index contributed by atoms with van der Waals surface area (Å²) in [6.45, 7) is 3.55. The summed E-state index contributed by atoms with van der Waals surface area (Å²) < 4.78 is 0. The molecule has 0 saturated heterocycles. The standard InChI is InChI=1S/C6H9N3O2.C5H11NO2.C4H8N2O3/c7-5(6(10)11)1-4-2-8-3-9-4;1-3(2)4(6)5(7)8;5-2(4(8)9)1-3(6)7/h2-3,5H,1,7H2,(H,8,9)(H,10,11);3-4H,6H2,1-2H3,(H,7,8);2H,1,5H2,(H2,6,7)(H,8,9). The van der Waals surface area contributed by atoms with Crippen LogP contribution >= 0.6 is 0 Å². The van der Waals surface area contributed by atoms with Gasteiger partial charge in [-0.25, -0.2) is 4.98 Å². The van der Waals surface area contributed by atoms with Crippen LogP contribution in [0.15, 0.2) is 12.5 Å². The van der Waals surface area contributed by atoms with E-state index >= 15 is 0 Å². The number of carbonyl (C=O) groups is 4. The zero-order valence-corrected chi connectivity index (χ0v) is 15.6. The molecule has 13 nitrogen and oxygen atoms in total. The molecule has 3 atom stereocenters. The number of hydrogen-bond acceptors (Lipinski definition) is 8. The molecule has 0 aromatic carbocycles. The lowest BCUT2D eigenvalue weighted by atomic mass is 10.1. The van der Waals surface area contributed by atoms with Crippen LogP contribution in [0.3, 0.4) is 0 Å². The van der Waals surface area contributed by atoms with Crippen LogP contribution in [0.4, 0.5) is 0 Å². The monoisotopic (exact) mass is 404 g/mol. The van der Waals surface area contributed by atoms with E-state index in [9.17, 15) is 19.2 Å². The lowest BCUT2D eigenvalue weighted by molar-refractivity contribution is -0.140. The fourth-order valence-corrected chi connectivity index (χ4v) is 1.31. The molecule has 0 saturated carbocycles. The van der Waals surface area contributed by atoms with E-state index < -0.39 is 41.9 Å². The molecular weight excluding hydrogens is 376 g/mol. The largest absolute Gasteiger partial charge is 0.480 e. The molecule has 12 N–H and O–H groups in total. The minimum Gasteiger partial charge on any atom is -0.480 e. The van der Waals surface area contributed by atoms with Gasteiger partial charge in [0.2, 0.25) is 5.91 Å². The molecule has 0 fully saturated rings. The van der Waals surface area contributed by atoms with Crippen LogP contribution in [0.5, 0.6) is 0 Å². The number of amides is 1. The van der Waals surface area contributed by atoms with Gasteiger partial charge in [-0.15, -0.1) is 0 Å². The van der Waals surface area contributed by atoms with Gasteiger partial charge in [-0.1, -0.05) is 13.8 Å². The van der Waals surface area contributed by atoms with E-state index in [1.165, 1.54) is 6.33 Å². The number of nitrogens with zero attached hydrogens (tertiary/aromatic N) is 1. The maximum absolute atomic E-state index is 10.3. The van der Waals surface area contributed by atoms with Crippen molar-refractivity contribution >= 4 is 23.8 Å². The van der Waals surface area contributed by atoms with Gasteiger partial charge in [-0.3, -0.25) is 19.2 Å². The molecule has 0 aliphatic rings. The Hall–Kier alpha value is -3.03. The summed E-state index contributed by atoms with van der Waals surface area (Å²) in [5.41, 5.74) is 20.7. The van der Waals surface area contributed by atoms with Crippen LogP contribution in [-0.2, 0) is 25.6 Å². The van der Waals surface area contributed by atoms with Gasteiger partial charge in [-0.05, 0) is 5.92 Å². The van der Waals surface area contributed by atoms with Gasteiger partial charge in [0, 0.05) is 18.3 Å². The third-order valence-corrected chi connectivity index (χ3v) is 3.05. The first-order chi connectivity index (χ1) is 12.8. The fraction of sp³-hybridized carbons (Fsp3) is 0.533. The minimum atomic E-state index is -1.21. The summed E-state index contributed by atoms with van der Waals surface area (Å²) >= 11 is 0. The van der Waals surface area contributed by atoms with Gasteiger partial charge >= 0.3 is 17.9 Å². The predicted molar refractivity (Wildman–Crippen MR) is 97.8 cm³/mol. The van der Waals surface area contributed by atoms with Crippen LogP contribution < -0.4 is 22.9 Å². The molecule has 0 aliphatic carbocycles. The lowest BCUT2D eigenvalue weighted by Gasteiger charge is -2.07. The van der Waals surface area contributed by atoms with Crippen LogP contribution in [0.2, 0.25) is 0 Å². The number of hydrogen-bond donors (Lipinski definition) is 8. The summed E-state index contributed by atoms with van der Waals surface area (Å²) in [4.78, 5) is 46.7. The molecule has 1 rings (SSSR count). The second-order valence-corrected chi connectivity index (χ2v) is 5.95. The third kappa shape index (κ3) is 14.2. The SMILES string of the molecule is CC(C)C(N)C(=O)O.NC(=O)CC(N)C(=O)O.NC(Cc1cnc[nH]1)C(=O)O. The lowest BCUT2D eigenvalue weighted by Crippen LogP contribution is -2.34. The highest BCUT2D eigenvalue weighted by atomic mass is 16.4. The van der Waals surface area contributed by atoms with Gasteiger partial charge in [-0.2, -0.15) is 0 Å². The van der Waals surface area contributed by atoms with Crippen molar-refractivity contribution in [3.8, 4) is 0 Å². The van der Waals surface area contributed by atoms with E-state index in [-0.39, 0.29) is 18.8 Å². The van der Waals surface area contributed by atoms with Crippen molar-refractivity contribution in [1.29, 1.82) is 0 Å². The maximum atomic E-state index is 10.3. The van der Waals surface area contributed by atoms with Crippen molar-refractivity contribution in [1.82, 2.24) is 9.97 Å². The van der Waals surface area contributed by atoms with Gasteiger partial charge in [0.15, 0.2) is 0 Å². The Morgan fingerprint density at radius 2 is 1.50 bits per heavy atom. The van der Waals surface area contributed by atoms with E-state index in [0.717, 1.165) is 5.69 Å². The van der Waals surface area contributed by atoms with Gasteiger partial charge in [0.05, 0.1) is 12.7 Å². The first-order valence-corrected chi connectivity index (χ1v) is 8.00. The van der Waals surface area contributed by atoms with E-state index in [2.05, 4.69) is 15.7 Å². The zero-order chi connectivity index (χ0) is 22.4. The van der Waals surface area contributed by atoms with Gasteiger partial charge < -0.3 is 43.2 Å². The summed E-state index contributed by atoms with van der Waals surface area (Å²) in [5, 5.41) is 24.7. The number of nitrogens with two attached hydrogens (primary N) is 4. The quantitative estimate of drug-likeness (QED) is 0.228. The number of aromatic nitrogens is 2.